The number of aromatic nitrogens is 4. The van der Waals surface area contributed by atoms with Crippen LogP contribution in [0.5, 0.6) is 0 Å². The molecule has 0 radical (unpaired) electrons. The predicted octanol–water partition coefficient (Wildman–Crippen LogP) is 1.54. The van der Waals surface area contributed by atoms with Gasteiger partial charge in [-0.3, -0.25) is 14.2 Å². The van der Waals surface area contributed by atoms with Crippen molar-refractivity contribution >= 4 is 5.78 Å². The Morgan fingerprint density at radius 3 is 2.90 bits per heavy atom. The number of nitrogens with zero attached hydrogens (tertiary/aromatic N) is 4. The van der Waals surface area contributed by atoms with Gasteiger partial charge in [-0.15, -0.1) is 0 Å². The molecule has 0 aliphatic heterocycles. The molecule has 1 aliphatic carbocycles. The highest BCUT2D eigenvalue weighted by atomic mass is 16.1. The molecule has 0 bridgehead atoms. The second kappa shape index (κ2) is 5.81. The number of hydrogen-bond acceptors (Lipinski definition) is 4. The molecule has 0 saturated heterocycles. The molecule has 1 fully saturated rings. The van der Waals surface area contributed by atoms with Gasteiger partial charge in [0.1, 0.15) is 0 Å². The van der Waals surface area contributed by atoms with Crippen LogP contribution in [-0.4, -0.2) is 25.3 Å². The Morgan fingerprint density at radius 1 is 1.48 bits per heavy atom. The number of ketones is 1. The van der Waals surface area contributed by atoms with E-state index < -0.39 is 6.04 Å². The number of nitrogens with two attached hydrogens (primary N) is 1. The van der Waals surface area contributed by atoms with E-state index in [1.54, 1.807) is 17.1 Å². The third kappa shape index (κ3) is 3.05. The second-order valence-corrected chi connectivity index (χ2v) is 5.79. The Hall–Kier alpha value is -1.95. The number of carbonyl (C=O) groups is 1. The topological polar surface area (TPSA) is 78.7 Å². The Kier molecular flexibility index (Phi) is 3.88. The lowest BCUT2D eigenvalue weighted by Gasteiger charge is -2.09. The van der Waals surface area contributed by atoms with Crippen molar-refractivity contribution in [2.24, 2.45) is 12.8 Å². The first-order valence-electron chi connectivity index (χ1n) is 7.44. The van der Waals surface area contributed by atoms with Crippen molar-refractivity contribution in [3.63, 3.8) is 0 Å². The lowest BCUT2D eigenvalue weighted by Crippen LogP contribution is -2.23. The van der Waals surface area contributed by atoms with Gasteiger partial charge in [-0.05, 0) is 18.9 Å². The molecule has 0 amide bonds. The number of aryl methyl sites for hydroxylation is 1. The summed E-state index contributed by atoms with van der Waals surface area (Å²) in [5, 5.41) is 8.58. The molecule has 2 aromatic heterocycles. The van der Waals surface area contributed by atoms with Crippen LogP contribution in [0.25, 0.3) is 0 Å². The van der Waals surface area contributed by atoms with Crippen LogP contribution in [-0.2, 0) is 18.3 Å². The molecule has 21 heavy (non-hydrogen) atoms. The normalized spacial score (nSPS) is 17.2. The van der Waals surface area contributed by atoms with Crippen molar-refractivity contribution < 1.29 is 4.79 Å². The van der Waals surface area contributed by atoms with E-state index in [0.29, 0.717) is 6.04 Å². The van der Waals surface area contributed by atoms with Gasteiger partial charge in [0, 0.05) is 25.0 Å². The van der Waals surface area contributed by atoms with Gasteiger partial charge >= 0.3 is 0 Å². The number of rotatable bonds is 5. The summed E-state index contributed by atoms with van der Waals surface area (Å²) in [5.41, 5.74) is 7.54. The van der Waals surface area contributed by atoms with Crippen LogP contribution < -0.4 is 5.73 Å². The van der Waals surface area contributed by atoms with Gasteiger partial charge in [-0.1, -0.05) is 12.8 Å². The average Bonchev–Trinajstić information content (AvgIpc) is 3.17. The molecule has 6 heteroatoms. The number of Topliss-reactive ketones (excluding diaryl/α,β-unsaturated/α-hetero) is 1. The van der Waals surface area contributed by atoms with Crippen LogP contribution in [0.3, 0.4) is 0 Å². The molecule has 1 unspecified atom stereocenters. The minimum atomic E-state index is -0.629. The maximum absolute atomic E-state index is 12.2. The van der Waals surface area contributed by atoms with Crippen LogP contribution in [0.2, 0.25) is 0 Å². The van der Waals surface area contributed by atoms with Crippen LogP contribution in [0.4, 0.5) is 0 Å². The molecule has 112 valence electrons. The molecule has 2 heterocycles. The standard InChI is InChI=1S/C15H21N5O/c1-19-10-11(9-17-19)15(16)14(21)8-12-6-7-20(18-12)13-4-2-3-5-13/h6-7,9-10,13,15H,2-5,8,16H2,1H3. The van der Waals surface area contributed by atoms with Gasteiger partial charge < -0.3 is 5.73 Å². The molecule has 1 saturated carbocycles. The first kappa shape index (κ1) is 14.0. The van der Waals surface area contributed by atoms with Crippen LogP contribution in [0, 0.1) is 0 Å². The second-order valence-electron chi connectivity index (χ2n) is 5.79. The first-order valence-corrected chi connectivity index (χ1v) is 7.44. The maximum Gasteiger partial charge on any atom is 0.160 e. The fraction of sp³-hybridized carbons (Fsp3) is 0.533. The SMILES string of the molecule is Cn1cc(C(N)C(=O)Cc2ccn(C3CCCC3)n2)cn1. The number of hydrogen-bond donors (Lipinski definition) is 1. The van der Waals surface area contributed by atoms with Gasteiger partial charge in [-0.25, -0.2) is 0 Å². The zero-order valence-electron chi connectivity index (χ0n) is 12.3. The molecule has 2 N–H and O–H groups in total. The minimum absolute atomic E-state index is 0.0281. The van der Waals surface area contributed by atoms with E-state index in [9.17, 15) is 4.79 Å². The maximum atomic E-state index is 12.2. The summed E-state index contributed by atoms with van der Waals surface area (Å²) in [6.45, 7) is 0. The molecule has 3 rings (SSSR count). The Labute approximate surface area is 123 Å². The lowest BCUT2D eigenvalue weighted by atomic mass is 10.0. The van der Waals surface area contributed by atoms with Gasteiger partial charge in [0.2, 0.25) is 0 Å². The van der Waals surface area contributed by atoms with Crippen molar-refractivity contribution in [2.45, 2.75) is 44.2 Å². The zero-order chi connectivity index (χ0) is 14.8. The van der Waals surface area contributed by atoms with Crippen LogP contribution in [0.15, 0.2) is 24.7 Å². The predicted molar refractivity (Wildman–Crippen MR) is 78.6 cm³/mol. The van der Waals surface area contributed by atoms with Crippen molar-refractivity contribution in [2.75, 3.05) is 0 Å². The molecular formula is C15H21N5O. The van der Waals surface area contributed by atoms with Crippen molar-refractivity contribution in [3.8, 4) is 0 Å². The quantitative estimate of drug-likeness (QED) is 0.904. The van der Waals surface area contributed by atoms with Gasteiger partial charge in [0.25, 0.3) is 0 Å². The fourth-order valence-electron chi connectivity index (χ4n) is 2.92. The summed E-state index contributed by atoms with van der Waals surface area (Å²) < 4.78 is 3.66. The highest BCUT2D eigenvalue weighted by molar-refractivity contribution is 5.86. The van der Waals surface area contributed by atoms with E-state index in [4.69, 9.17) is 5.73 Å². The summed E-state index contributed by atoms with van der Waals surface area (Å²) in [7, 11) is 1.81. The number of carbonyl (C=O) groups excluding carboxylic acids is 1. The molecular weight excluding hydrogens is 266 g/mol. The average molecular weight is 287 g/mol. The fourth-order valence-corrected chi connectivity index (χ4v) is 2.92. The molecule has 1 atom stereocenters. The summed E-state index contributed by atoms with van der Waals surface area (Å²) in [5.74, 6) is -0.0281. The molecule has 0 spiro atoms. The first-order chi connectivity index (χ1) is 10.1. The minimum Gasteiger partial charge on any atom is -0.318 e. The summed E-state index contributed by atoms with van der Waals surface area (Å²) in [4.78, 5) is 12.2. The highest BCUT2D eigenvalue weighted by Crippen LogP contribution is 2.28. The summed E-state index contributed by atoms with van der Waals surface area (Å²) in [6, 6.07) is 1.79. The zero-order valence-corrected chi connectivity index (χ0v) is 12.3. The highest BCUT2D eigenvalue weighted by Gasteiger charge is 2.21. The van der Waals surface area contributed by atoms with E-state index in [0.717, 1.165) is 11.3 Å². The summed E-state index contributed by atoms with van der Waals surface area (Å²) in [6.07, 6.45) is 10.6. The Balaban J connectivity index is 1.64. The molecule has 1 aliphatic rings. The Bertz CT molecular complexity index is 624. The van der Waals surface area contributed by atoms with Crippen LogP contribution in [0.1, 0.15) is 49.0 Å². The van der Waals surface area contributed by atoms with E-state index in [1.807, 2.05) is 24.0 Å². The molecule has 6 nitrogen and oxygen atoms in total. The third-order valence-corrected chi connectivity index (χ3v) is 4.15. The van der Waals surface area contributed by atoms with Crippen molar-refractivity contribution in [3.05, 3.63) is 35.9 Å². The van der Waals surface area contributed by atoms with E-state index in [-0.39, 0.29) is 12.2 Å². The van der Waals surface area contributed by atoms with Crippen LogP contribution >= 0.6 is 0 Å². The van der Waals surface area contributed by atoms with Crippen molar-refractivity contribution in [1.29, 1.82) is 0 Å². The van der Waals surface area contributed by atoms with E-state index in [1.165, 1.54) is 25.7 Å². The largest absolute Gasteiger partial charge is 0.318 e. The van der Waals surface area contributed by atoms with E-state index in [2.05, 4.69) is 10.2 Å². The Morgan fingerprint density at radius 2 is 2.24 bits per heavy atom. The van der Waals surface area contributed by atoms with E-state index >= 15 is 0 Å². The van der Waals surface area contributed by atoms with Crippen molar-refractivity contribution in [1.82, 2.24) is 19.6 Å². The lowest BCUT2D eigenvalue weighted by molar-refractivity contribution is -0.119. The van der Waals surface area contributed by atoms with Gasteiger partial charge in [0.05, 0.1) is 30.4 Å². The molecule has 0 aromatic carbocycles. The molecule has 2 aromatic rings. The summed E-state index contributed by atoms with van der Waals surface area (Å²) >= 11 is 0. The van der Waals surface area contributed by atoms with Gasteiger partial charge in [-0.2, -0.15) is 10.2 Å². The third-order valence-electron chi connectivity index (χ3n) is 4.15. The monoisotopic (exact) mass is 287 g/mol. The smallest absolute Gasteiger partial charge is 0.160 e. The van der Waals surface area contributed by atoms with Gasteiger partial charge in [0.15, 0.2) is 5.78 Å².